The maximum Gasteiger partial charge on any atom is 0.206 e. The van der Waals surface area contributed by atoms with Crippen LogP contribution >= 0.6 is 11.6 Å². The van der Waals surface area contributed by atoms with Crippen LogP contribution in [0.5, 0.6) is 0 Å². The first-order valence-corrected chi connectivity index (χ1v) is 9.03. The molecule has 0 aliphatic carbocycles. The average Bonchev–Trinajstić information content (AvgIpc) is 3.00. The van der Waals surface area contributed by atoms with Gasteiger partial charge in [0.05, 0.1) is 28.8 Å². The molecule has 26 heavy (non-hydrogen) atoms. The van der Waals surface area contributed by atoms with Crippen molar-refractivity contribution in [3.8, 4) is 6.07 Å². The standard InChI is InChI=1S/C19H19ClN6/c20-14-4-6-17-18(8-14)26(12-16-5-3-13(9-21)10-23-16)19(24-17)25-7-1-2-15(22)11-25/h3-6,8,10,15H,1-2,7,11-12,22H2. The minimum atomic E-state index is 0.161. The zero-order valence-corrected chi connectivity index (χ0v) is 15.0. The summed E-state index contributed by atoms with van der Waals surface area (Å²) in [5, 5.41) is 9.63. The van der Waals surface area contributed by atoms with Gasteiger partial charge < -0.3 is 15.2 Å². The summed E-state index contributed by atoms with van der Waals surface area (Å²) < 4.78 is 2.13. The summed E-state index contributed by atoms with van der Waals surface area (Å²) in [5.74, 6) is 0.892. The van der Waals surface area contributed by atoms with E-state index in [1.807, 2.05) is 24.3 Å². The summed E-state index contributed by atoms with van der Waals surface area (Å²) in [5.41, 5.74) is 9.46. The highest BCUT2D eigenvalue weighted by molar-refractivity contribution is 6.31. The molecule has 2 aromatic heterocycles. The number of fused-ring (bicyclic) bond motifs is 1. The number of nitriles is 1. The van der Waals surface area contributed by atoms with E-state index in [2.05, 4.69) is 20.5 Å². The van der Waals surface area contributed by atoms with Crippen LogP contribution < -0.4 is 10.6 Å². The van der Waals surface area contributed by atoms with Crippen molar-refractivity contribution in [1.82, 2.24) is 14.5 Å². The number of anilines is 1. The second kappa shape index (κ2) is 6.94. The first-order valence-electron chi connectivity index (χ1n) is 8.65. The van der Waals surface area contributed by atoms with Crippen LogP contribution in [0.4, 0.5) is 5.95 Å². The fraction of sp³-hybridized carbons (Fsp3) is 0.316. The van der Waals surface area contributed by atoms with E-state index in [0.717, 1.165) is 48.6 Å². The predicted octanol–water partition coefficient (Wildman–Crippen LogP) is 2.93. The Morgan fingerprint density at radius 3 is 2.92 bits per heavy atom. The lowest BCUT2D eigenvalue weighted by Gasteiger charge is -2.32. The molecule has 7 heteroatoms. The normalized spacial score (nSPS) is 17.4. The molecule has 3 aromatic rings. The molecular weight excluding hydrogens is 348 g/mol. The lowest BCUT2D eigenvalue weighted by molar-refractivity contribution is 0.495. The summed E-state index contributed by atoms with van der Waals surface area (Å²) in [6, 6.07) is 11.6. The largest absolute Gasteiger partial charge is 0.341 e. The lowest BCUT2D eigenvalue weighted by atomic mass is 10.1. The van der Waals surface area contributed by atoms with E-state index in [9.17, 15) is 0 Å². The third-order valence-electron chi connectivity index (χ3n) is 4.70. The Hall–Kier alpha value is -2.62. The van der Waals surface area contributed by atoms with Crippen LogP contribution in [0.2, 0.25) is 5.02 Å². The highest BCUT2D eigenvalue weighted by Crippen LogP contribution is 2.28. The van der Waals surface area contributed by atoms with Gasteiger partial charge in [0.2, 0.25) is 5.95 Å². The van der Waals surface area contributed by atoms with Crippen LogP contribution in [0.3, 0.4) is 0 Å². The van der Waals surface area contributed by atoms with Crippen LogP contribution in [0.1, 0.15) is 24.1 Å². The highest BCUT2D eigenvalue weighted by atomic mass is 35.5. The van der Waals surface area contributed by atoms with E-state index in [1.165, 1.54) is 0 Å². The summed E-state index contributed by atoms with van der Waals surface area (Å²) in [4.78, 5) is 11.5. The van der Waals surface area contributed by atoms with Crippen molar-refractivity contribution in [2.45, 2.75) is 25.4 Å². The molecule has 0 radical (unpaired) electrons. The third kappa shape index (κ3) is 3.24. The Labute approximate surface area is 156 Å². The zero-order valence-electron chi connectivity index (χ0n) is 14.3. The molecule has 1 aromatic carbocycles. The number of rotatable bonds is 3. The van der Waals surface area contributed by atoms with Crippen molar-refractivity contribution >= 4 is 28.6 Å². The monoisotopic (exact) mass is 366 g/mol. The van der Waals surface area contributed by atoms with Gasteiger partial charge in [-0.1, -0.05) is 11.6 Å². The molecule has 0 saturated carbocycles. The molecule has 1 saturated heterocycles. The van der Waals surface area contributed by atoms with Gasteiger partial charge in [0.15, 0.2) is 0 Å². The van der Waals surface area contributed by atoms with E-state index in [1.54, 1.807) is 12.3 Å². The van der Waals surface area contributed by atoms with E-state index in [0.29, 0.717) is 17.1 Å². The predicted molar refractivity (Wildman–Crippen MR) is 102 cm³/mol. The summed E-state index contributed by atoms with van der Waals surface area (Å²) in [6.07, 6.45) is 3.69. The molecule has 1 aliphatic heterocycles. The molecular formula is C19H19ClN6. The number of piperidine rings is 1. The minimum Gasteiger partial charge on any atom is -0.341 e. The number of hydrogen-bond donors (Lipinski definition) is 1. The van der Waals surface area contributed by atoms with Gasteiger partial charge in [-0.15, -0.1) is 0 Å². The molecule has 3 heterocycles. The van der Waals surface area contributed by atoms with Gasteiger partial charge in [-0.2, -0.15) is 5.26 Å². The van der Waals surface area contributed by atoms with E-state index in [-0.39, 0.29) is 6.04 Å². The molecule has 1 fully saturated rings. The number of imidazole rings is 1. The zero-order chi connectivity index (χ0) is 18.1. The Morgan fingerprint density at radius 1 is 1.31 bits per heavy atom. The molecule has 0 bridgehead atoms. The second-order valence-corrected chi connectivity index (χ2v) is 7.07. The molecule has 1 aliphatic rings. The van der Waals surface area contributed by atoms with Crippen molar-refractivity contribution in [2.75, 3.05) is 18.0 Å². The van der Waals surface area contributed by atoms with E-state index >= 15 is 0 Å². The topological polar surface area (TPSA) is 83.8 Å². The fourth-order valence-electron chi connectivity index (χ4n) is 3.42. The first kappa shape index (κ1) is 16.8. The lowest BCUT2D eigenvalue weighted by Crippen LogP contribution is -2.44. The number of hydrogen-bond acceptors (Lipinski definition) is 5. The van der Waals surface area contributed by atoms with Crippen LogP contribution in [0.25, 0.3) is 11.0 Å². The summed E-state index contributed by atoms with van der Waals surface area (Å²) in [6.45, 7) is 2.28. The van der Waals surface area contributed by atoms with E-state index < -0.39 is 0 Å². The van der Waals surface area contributed by atoms with E-state index in [4.69, 9.17) is 27.6 Å². The number of pyridine rings is 1. The Morgan fingerprint density at radius 2 is 2.19 bits per heavy atom. The Bertz CT molecular complexity index is 972. The molecule has 2 N–H and O–H groups in total. The van der Waals surface area contributed by atoms with Crippen molar-refractivity contribution in [1.29, 1.82) is 5.26 Å². The molecule has 1 unspecified atom stereocenters. The molecule has 132 valence electrons. The molecule has 6 nitrogen and oxygen atoms in total. The number of nitrogens with two attached hydrogens (primary N) is 1. The molecule has 0 amide bonds. The van der Waals surface area contributed by atoms with Crippen LogP contribution in [0, 0.1) is 11.3 Å². The average molecular weight is 367 g/mol. The quantitative estimate of drug-likeness (QED) is 0.770. The Kier molecular flexibility index (Phi) is 4.49. The first-order chi connectivity index (χ1) is 12.6. The van der Waals surface area contributed by atoms with Gasteiger partial charge in [0.25, 0.3) is 0 Å². The van der Waals surface area contributed by atoms with Gasteiger partial charge in [-0.25, -0.2) is 4.98 Å². The number of benzene rings is 1. The van der Waals surface area contributed by atoms with Gasteiger partial charge in [-0.05, 0) is 43.2 Å². The molecule has 0 spiro atoms. The van der Waals surface area contributed by atoms with Crippen LogP contribution in [-0.4, -0.2) is 33.7 Å². The second-order valence-electron chi connectivity index (χ2n) is 6.63. The van der Waals surface area contributed by atoms with Crippen molar-refractivity contribution in [2.24, 2.45) is 5.73 Å². The number of halogens is 1. The maximum absolute atomic E-state index is 8.96. The van der Waals surface area contributed by atoms with Crippen LogP contribution in [0.15, 0.2) is 36.5 Å². The molecule has 1 atom stereocenters. The van der Waals surface area contributed by atoms with Crippen molar-refractivity contribution in [3.63, 3.8) is 0 Å². The smallest absolute Gasteiger partial charge is 0.206 e. The van der Waals surface area contributed by atoms with Crippen molar-refractivity contribution in [3.05, 3.63) is 52.8 Å². The third-order valence-corrected chi connectivity index (χ3v) is 4.94. The van der Waals surface area contributed by atoms with Gasteiger partial charge in [0, 0.05) is 30.4 Å². The SMILES string of the molecule is N#Cc1ccc(Cn2c(N3CCCC(N)C3)nc3ccc(Cl)cc32)nc1. The van der Waals surface area contributed by atoms with Crippen LogP contribution in [-0.2, 0) is 6.54 Å². The number of aromatic nitrogens is 3. The van der Waals surface area contributed by atoms with Crippen molar-refractivity contribution < 1.29 is 0 Å². The fourth-order valence-corrected chi connectivity index (χ4v) is 3.58. The maximum atomic E-state index is 8.96. The molecule has 4 rings (SSSR count). The minimum absolute atomic E-state index is 0.161. The van der Waals surface area contributed by atoms with Gasteiger partial charge in [-0.3, -0.25) is 4.98 Å². The summed E-state index contributed by atoms with van der Waals surface area (Å²) in [7, 11) is 0. The van der Waals surface area contributed by atoms with Gasteiger partial charge in [0.1, 0.15) is 6.07 Å². The summed E-state index contributed by atoms with van der Waals surface area (Å²) >= 11 is 6.23. The van der Waals surface area contributed by atoms with Gasteiger partial charge >= 0.3 is 0 Å². The highest BCUT2D eigenvalue weighted by Gasteiger charge is 2.23. The Balaban J connectivity index is 1.77. The number of nitrogens with zero attached hydrogens (tertiary/aromatic N) is 5.